The SMILES string of the molecule is O=C(O)c1cccnc1SC1CC(=O)N(c2ccc3cc[nH]c3c2)C1=O. The van der Waals surface area contributed by atoms with E-state index in [9.17, 15) is 19.5 Å². The van der Waals surface area contributed by atoms with Crippen LogP contribution >= 0.6 is 11.8 Å². The van der Waals surface area contributed by atoms with E-state index in [-0.39, 0.29) is 28.8 Å². The number of H-pyrrole nitrogens is 1. The van der Waals surface area contributed by atoms with Gasteiger partial charge in [-0.15, -0.1) is 0 Å². The van der Waals surface area contributed by atoms with E-state index in [1.807, 2.05) is 12.1 Å². The number of hydrogen-bond acceptors (Lipinski definition) is 5. The van der Waals surface area contributed by atoms with Crippen LogP contribution in [0.4, 0.5) is 5.69 Å². The molecule has 1 saturated heterocycles. The first-order chi connectivity index (χ1) is 12.5. The first-order valence-corrected chi connectivity index (χ1v) is 8.71. The maximum Gasteiger partial charge on any atom is 0.338 e. The Labute approximate surface area is 152 Å². The van der Waals surface area contributed by atoms with Crippen LogP contribution in [0.1, 0.15) is 16.8 Å². The lowest BCUT2D eigenvalue weighted by Crippen LogP contribution is -2.31. The number of anilines is 1. The van der Waals surface area contributed by atoms with Gasteiger partial charge in [0.1, 0.15) is 5.03 Å². The summed E-state index contributed by atoms with van der Waals surface area (Å²) < 4.78 is 0. The van der Waals surface area contributed by atoms with Gasteiger partial charge in [-0.1, -0.05) is 17.8 Å². The molecule has 26 heavy (non-hydrogen) atoms. The number of carbonyl (C=O) groups is 3. The van der Waals surface area contributed by atoms with Gasteiger partial charge in [-0.3, -0.25) is 9.59 Å². The van der Waals surface area contributed by atoms with E-state index in [1.54, 1.807) is 18.3 Å². The van der Waals surface area contributed by atoms with Crippen molar-refractivity contribution in [2.24, 2.45) is 0 Å². The molecule has 0 saturated carbocycles. The normalized spacial score (nSPS) is 17.2. The number of aromatic carboxylic acids is 1. The summed E-state index contributed by atoms with van der Waals surface area (Å²) in [5.41, 5.74) is 1.35. The lowest BCUT2D eigenvalue weighted by atomic mass is 10.2. The van der Waals surface area contributed by atoms with Crippen molar-refractivity contribution >= 4 is 46.1 Å². The van der Waals surface area contributed by atoms with E-state index in [0.29, 0.717) is 5.69 Å². The van der Waals surface area contributed by atoms with E-state index in [0.717, 1.165) is 27.6 Å². The second kappa shape index (κ2) is 6.30. The average molecular weight is 367 g/mol. The Hall–Kier alpha value is -3.13. The Morgan fingerprint density at radius 1 is 1.27 bits per heavy atom. The molecule has 1 aliphatic heterocycles. The van der Waals surface area contributed by atoms with Crippen LogP contribution in [-0.4, -0.2) is 38.1 Å². The Morgan fingerprint density at radius 3 is 2.92 bits per heavy atom. The van der Waals surface area contributed by atoms with Gasteiger partial charge in [0.15, 0.2) is 0 Å². The van der Waals surface area contributed by atoms with Gasteiger partial charge < -0.3 is 10.1 Å². The fourth-order valence-corrected chi connectivity index (χ4v) is 4.03. The van der Waals surface area contributed by atoms with Crippen molar-refractivity contribution in [2.45, 2.75) is 16.7 Å². The summed E-state index contributed by atoms with van der Waals surface area (Å²) in [4.78, 5) is 44.8. The molecule has 0 spiro atoms. The molecule has 2 aromatic heterocycles. The number of fused-ring (bicyclic) bond motifs is 1. The van der Waals surface area contributed by atoms with Gasteiger partial charge in [0, 0.05) is 24.3 Å². The van der Waals surface area contributed by atoms with E-state index < -0.39 is 11.2 Å². The largest absolute Gasteiger partial charge is 0.478 e. The fourth-order valence-electron chi connectivity index (χ4n) is 2.92. The van der Waals surface area contributed by atoms with Crippen LogP contribution in [0, 0.1) is 0 Å². The van der Waals surface area contributed by atoms with Crippen molar-refractivity contribution in [3.8, 4) is 0 Å². The molecule has 8 heteroatoms. The quantitative estimate of drug-likeness (QED) is 0.687. The zero-order valence-electron chi connectivity index (χ0n) is 13.4. The fraction of sp³-hybridized carbons (Fsp3) is 0.111. The number of hydrogen-bond donors (Lipinski definition) is 2. The number of carbonyl (C=O) groups excluding carboxylic acids is 2. The van der Waals surface area contributed by atoms with Crippen molar-refractivity contribution in [2.75, 3.05) is 4.90 Å². The maximum absolute atomic E-state index is 12.8. The minimum atomic E-state index is -1.12. The zero-order chi connectivity index (χ0) is 18.3. The van der Waals surface area contributed by atoms with E-state index in [4.69, 9.17) is 0 Å². The average Bonchev–Trinajstić information content (AvgIpc) is 3.19. The number of carboxylic acids is 1. The topological polar surface area (TPSA) is 103 Å². The van der Waals surface area contributed by atoms with Crippen LogP contribution in [-0.2, 0) is 9.59 Å². The molecule has 1 atom stereocenters. The molecule has 1 aromatic carbocycles. The molecule has 4 rings (SSSR count). The third-order valence-corrected chi connectivity index (χ3v) is 5.36. The maximum atomic E-state index is 12.8. The van der Waals surface area contributed by atoms with Gasteiger partial charge in [-0.25, -0.2) is 14.7 Å². The molecule has 7 nitrogen and oxygen atoms in total. The van der Waals surface area contributed by atoms with Crippen LogP contribution in [0.3, 0.4) is 0 Å². The summed E-state index contributed by atoms with van der Waals surface area (Å²) in [6, 6.07) is 10.2. The molecular weight excluding hydrogens is 354 g/mol. The Balaban J connectivity index is 1.62. The summed E-state index contributed by atoms with van der Waals surface area (Å²) in [5.74, 6) is -1.80. The predicted octanol–water partition coefficient (Wildman–Crippen LogP) is 2.69. The van der Waals surface area contributed by atoms with Crippen molar-refractivity contribution in [1.29, 1.82) is 0 Å². The van der Waals surface area contributed by atoms with E-state index in [2.05, 4.69) is 9.97 Å². The molecule has 0 radical (unpaired) electrons. The summed E-state index contributed by atoms with van der Waals surface area (Å²) in [7, 11) is 0. The number of nitrogens with zero attached hydrogens (tertiary/aromatic N) is 2. The van der Waals surface area contributed by atoms with Gasteiger partial charge in [0.2, 0.25) is 11.8 Å². The minimum Gasteiger partial charge on any atom is -0.478 e. The standard InChI is InChI=1S/C18H13N3O4S/c22-15-9-14(26-16-12(18(24)25)2-1-6-20-16)17(23)21(15)11-4-3-10-5-7-19-13(10)8-11/h1-8,14,19H,9H2,(H,24,25). The molecule has 130 valence electrons. The number of nitrogens with one attached hydrogen (secondary N) is 1. The third kappa shape index (κ3) is 2.74. The van der Waals surface area contributed by atoms with Gasteiger partial charge in [0.25, 0.3) is 0 Å². The van der Waals surface area contributed by atoms with Gasteiger partial charge >= 0.3 is 5.97 Å². The molecule has 1 unspecified atom stereocenters. The van der Waals surface area contributed by atoms with Gasteiger partial charge in [-0.2, -0.15) is 0 Å². The highest BCUT2D eigenvalue weighted by Crippen LogP contribution is 2.35. The van der Waals surface area contributed by atoms with E-state index >= 15 is 0 Å². The van der Waals surface area contributed by atoms with Crippen LogP contribution in [0.2, 0.25) is 0 Å². The lowest BCUT2D eigenvalue weighted by molar-refractivity contribution is -0.121. The molecule has 3 aromatic rings. The number of amides is 2. The summed E-state index contributed by atoms with van der Waals surface area (Å²) in [5, 5.41) is 9.76. The first kappa shape index (κ1) is 16.3. The number of aromatic nitrogens is 2. The van der Waals surface area contributed by atoms with Crippen LogP contribution in [0.5, 0.6) is 0 Å². The number of rotatable bonds is 4. The van der Waals surface area contributed by atoms with Crippen LogP contribution < -0.4 is 4.90 Å². The van der Waals surface area contributed by atoms with Crippen molar-refractivity contribution in [1.82, 2.24) is 9.97 Å². The molecule has 2 amide bonds. The third-order valence-electron chi connectivity index (χ3n) is 4.16. The predicted molar refractivity (Wildman–Crippen MR) is 96.3 cm³/mol. The monoisotopic (exact) mass is 367 g/mol. The van der Waals surface area contributed by atoms with Crippen molar-refractivity contribution in [3.63, 3.8) is 0 Å². The van der Waals surface area contributed by atoms with Gasteiger partial charge in [-0.05, 0) is 35.7 Å². The summed E-state index contributed by atoms with van der Waals surface area (Å²) in [6.45, 7) is 0. The van der Waals surface area contributed by atoms with Crippen LogP contribution in [0.15, 0.2) is 53.8 Å². The Bertz CT molecular complexity index is 1050. The summed E-state index contributed by atoms with van der Waals surface area (Å²) in [6.07, 6.45) is 3.25. The number of benzene rings is 1. The molecule has 0 bridgehead atoms. The number of pyridine rings is 1. The summed E-state index contributed by atoms with van der Waals surface area (Å²) >= 11 is 1.01. The Morgan fingerprint density at radius 2 is 2.12 bits per heavy atom. The molecule has 1 fully saturated rings. The zero-order valence-corrected chi connectivity index (χ0v) is 14.2. The highest BCUT2D eigenvalue weighted by molar-refractivity contribution is 8.00. The van der Waals surface area contributed by atoms with Crippen LogP contribution in [0.25, 0.3) is 10.9 Å². The van der Waals surface area contributed by atoms with Gasteiger partial charge in [0.05, 0.1) is 16.5 Å². The Kier molecular flexibility index (Phi) is 3.96. The lowest BCUT2D eigenvalue weighted by Gasteiger charge is -2.15. The second-order valence-corrected chi connectivity index (χ2v) is 6.98. The molecule has 3 heterocycles. The number of thioether (sulfide) groups is 1. The van der Waals surface area contributed by atoms with Crippen molar-refractivity contribution < 1.29 is 19.5 Å². The smallest absolute Gasteiger partial charge is 0.338 e. The number of aromatic amines is 1. The molecular formula is C18H13N3O4S. The number of carboxylic acid groups (broad SMARTS) is 1. The van der Waals surface area contributed by atoms with E-state index in [1.165, 1.54) is 18.3 Å². The number of imide groups is 1. The second-order valence-electron chi connectivity index (χ2n) is 5.79. The first-order valence-electron chi connectivity index (χ1n) is 7.83. The molecule has 2 N–H and O–H groups in total. The molecule has 1 aliphatic rings. The molecule has 0 aliphatic carbocycles. The van der Waals surface area contributed by atoms with Crippen molar-refractivity contribution in [3.05, 3.63) is 54.4 Å². The highest BCUT2D eigenvalue weighted by atomic mass is 32.2. The highest BCUT2D eigenvalue weighted by Gasteiger charge is 2.41. The minimum absolute atomic E-state index is 0.00188.